The zero-order valence-electron chi connectivity index (χ0n) is 12.2. The van der Waals surface area contributed by atoms with Crippen LogP contribution in [0.2, 0.25) is 0 Å². The molecule has 2 aromatic carbocycles. The lowest BCUT2D eigenvalue weighted by molar-refractivity contribution is -0.119. The summed E-state index contributed by atoms with van der Waals surface area (Å²) in [6, 6.07) is 20.1. The molecular weight excluding hydrogens is 260 g/mol. The normalized spacial score (nSPS) is 12.0. The molecule has 0 bridgehead atoms. The Kier molecular flexibility index (Phi) is 5.98. The minimum atomic E-state index is -0.258. The summed E-state index contributed by atoms with van der Waals surface area (Å²) in [5, 5.41) is 3.38. The summed E-state index contributed by atoms with van der Waals surface area (Å²) < 4.78 is 0. The van der Waals surface area contributed by atoms with Gasteiger partial charge in [-0.1, -0.05) is 60.7 Å². The van der Waals surface area contributed by atoms with Gasteiger partial charge < -0.3 is 11.1 Å². The maximum Gasteiger partial charge on any atom is 0.225 e. The van der Waals surface area contributed by atoms with Crippen LogP contribution < -0.4 is 11.1 Å². The number of carbonyl (C=O) groups is 1. The van der Waals surface area contributed by atoms with Crippen molar-refractivity contribution in [1.82, 2.24) is 5.32 Å². The van der Waals surface area contributed by atoms with Crippen LogP contribution in [0.4, 0.5) is 0 Å². The van der Waals surface area contributed by atoms with Crippen LogP contribution in [0.1, 0.15) is 23.5 Å². The molecule has 3 heteroatoms. The topological polar surface area (TPSA) is 55.1 Å². The third-order valence-electron chi connectivity index (χ3n) is 3.59. The van der Waals surface area contributed by atoms with E-state index < -0.39 is 0 Å². The Morgan fingerprint density at radius 2 is 1.57 bits per heavy atom. The van der Waals surface area contributed by atoms with Crippen LogP contribution in [0, 0.1) is 0 Å². The average molecular weight is 282 g/mol. The maximum atomic E-state index is 11.6. The lowest BCUT2D eigenvalue weighted by Crippen LogP contribution is -2.26. The van der Waals surface area contributed by atoms with Crippen LogP contribution >= 0.6 is 0 Å². The van der Waals surface area contributed by atoms with Crippen molar-refractivity contribution in [2.45, 2.75) is 18.8 Å². The second-order valence-electron chi connectivity index (χ2n) is 5.14. The molecule has 0 aromatic heterocycles. The quantitative estimate of drug-likeness (QED) is 0.731. The Bertz CT molecular complexity index is 540. The molecule has 0 aliphatic rings. The minimum absolute atomic E-state index is 0.213. The molecule has 3 nitrogen and oxygen atoms in total. The molecule has 2 aromatic rings. The smallest absolute Gasteiger partial charge is 0.225 e. The highest BCUT2D eigenvalue weighted by atomic mass is 16.1. The first kappa shape index (κ1) is 15.3. The maximum absolute atomic E-state index is 11.6. The Morgan fingerprint density at radius 3 is 2.19 bits per heavy atom. The predicted octanol–water partition coefficient (Wildman–Crippen LogP) is 2.48. The number of primary amides is 1. The van der Waals surface area contributed by atoms with Crippen molar-refractivity contribution in [1.29, 1.82) is 0 Å². The Hall–Kier alpha value is -2.13. The molecule has 1 unspecified atom stereocenters. The lowest BCUT2D eigenvalue weighted by atomic mass is 9.95. The zero-order chi connectivity index (χ0) is 14.9. The van der Waals surface area contributed by atoms with E-state index in [9.17, 15) is 4.79 Å². The van der Waals surface area contributed by atoms with Crippen LogP contribution in [-0.2, 0) is 11.2 Å². The van der Waals surface area contributed by atoms with Crippen LogP contribution in [0.5, 0.6) is 0 Å². The average Bonchev–Trinajstić information content (AvgIpc) is 2.52. The molecule has 1 atom stereocenters. The molecule has 0 aliphatic carbocycles. The molecule has 0 aliphatic heterocycles. The largest absolute Gasteiger partial charge is 0.369 e. The van der Waals surface area contributed by atoms with E-state index in [0.717, 1.165) is 31.5 Å². The summed E-state index contributed by atoms with van der Waals surface area (Å²) in [6.45, 7) is 1.69. The monoisotopic (exact) mass is 282 g/mol. The Balaban J connectivity index is 1.74. The van der Waals surface area contributed by atoms with Gasteiger partial charge in [0.25, 0.3) is 0 Å². The number of rotatable bonds is 8. The Labute approximate surface area is 126 Å². The highest BCUT2D eigenvalue weighted by Crippen LogP contribution is 2.18. The van der Waals surface area contributed by atoms with Gasteiger partial charge in [0.05, 0.1) is 5.92 Å². The van der Waals surface area contributed by atoms with Crippen molar-refractivity contribution < 1.29 is 4.79 Å². The summed E-state index contributed by atoms with van der Waals surface area (Å²) in [7, 11) is 0. The molecular formula is C18H22N2O. The number of hydrogen-bond acceptors (Lipinski definition) is 2. The first-order chi connectivity index (χ1) is 10.3. The van der Waals surface area contributed by atoms with Crippen molar-refractivity contribution in [2.24, 2.45) is 5.73 Å². The van der Waals surface area contributed by atoms with Gasteiger partial charge in [-0.3, -0.25) is 4.79 Å². The van der Waals surface area contributed by atoms with Gasteiger partial charge in [0.1, 0.15) is 0 Å². The summed E-state index contributed by atoms with van der Waals surface area (Å²) >= 11 is 0. The fourth-order valence-corrected chi connectivity index (χ4v) is 2.41. The third kappa shape index (κ3) is 5.04. The first-order valence-electron chi connectivity index (χ1n) is 7.36. The van der Waals surface area contributed by atoms with Gasteiger partial charge in [-0.05, 0) is 37.1 Å². The Morgan fingerprint density at radius 1 is 0.952 bits per heavy atom. The molecule has 21 heavy (non-hydrogen) atoms. The van der Waals surface area contributed by atoms with Crippen LogP contribution in [0.15, 0.2) is 60.7 Å². The second kappa shape index (κ2) is 8.22. The molecule has 110 valence electrons. The van der Waals surface area contributed by atoms with E-state index in [1.165, 1.54) is 5.56 Å². The fraction of sp³-hybridized carbons (Fsp3) is 0.278. The summed E-state index contributed by atoms with van der Waals surface area (Å²) in [5.74, 6) is -0.471. The van der Waals surface area contributed by atoms with E-state index in [-0.39, 0.29) is 11.8 Å². The number of carbonyl (C=O) groups excluding carboxylic acids is 1. The summed E-state index contributed by atoms with van der Waals surface area (Å²) in [4.78, 5) is 11.6. The van der Waals surface area contributed by atoms with Crippen molar-refractivity contribution in [3.63, 3.8) is 0 Å². The summed E-state index contributed by atoms with van der Waals surface area (Å²) in [5.41, 5.74) is 7.82. The minimum Gasteiger partial charge on any atom is -0.369 e. The number of nitrogens with one attached hydrogen (secondary N) is 1. The zero-order valence-corrected chi connectivity index (χ0v) is 12.2. The molecule has 0 spiro atoms. The van der Waals surface area contributed by atoms with Crippen molar-refractivity contribution in [3.05, 3.63) is 71.8 Å². The van der Waals surface area contributed by atoms with E-state index in [0.29, 0.717) is 0 Å². The van der Waals surface area contributed by atoms with E-state index in [1.807, 2.05) is 48.5 Å². The molecule has 0 fully saturated rings. The van der Waals surface area contributed by atoms with E-state index >= 15 is 0 Å². The van der Waals surface area contributed by atoms with E-state index in [1.54, 1.807) is 0 Å². The molecule has 0 saturated carbocycles. The molecule has 0 radical (unpaired) electrons. The van der Waals surface area contributed by atoms with Crippen LogP contribution in [0.3, 0.4) is 0 Å². The second-order valence-corrected chi connectivity index (χ2v) is 5.14. The lowest BCUT2D eigenvalue weighted by Gasteiger charge is -2.14. The van der Waals surface area contributed by atoms with E-state index in [4.69, 9.17) is 5.73 Å². The van der Waals surface area contributed by atoms with Crippen molar-refractivity contribution >= 4 is 5.91 Å². The molecule has 0 saturated heterocycles. The number of amides is 1. The molecule has 0 heterocycles. The van der Waals surface area contributed by atoms with Gasteiger partial charge in [0, 0.05) is 0 Å². The van der Waals surface area contributed by atoms with Crippen LogP contribution in [0.25, 0.3) is 0 Å². The van der Waals surface area contributed by atoms with Gasteiger partial charge in [-0.2, -0.15) is 0 Å². The number of benzene rings is 2. The number of hydrogen-bond donors (Lipinski definition) is 2. The van der Waals surface area contributed by atoms with Crippen LogP contribution in [-0.4, -0.2) is 19.0 Å². The van der Waals surface area contributed by atoms with Gasteiger partial charge >= 0.3 is 0 Å². The highest BCUT2D eigenvalue weighted by Gasteiger charge is 2.16. The SMILES string of the molecule is NC(=O)C(CCNCCc1ccccc1)c1ccccc1. The molecule has 2 rings (SSSR count). The van der Waals surface area contributed by atoms with E-state index in [2.05, 4.69) is 17.4 Å². The first-order valence-corrected chi connectivity index (χ1v) is 7.36. The van der Waals surface area contributed by atoms with Crippen molar-refractivity contribution in [2.75, 3.05) is 13.1 Å². The van der Waals surface area contributed by atoms with Crippen molar-refractivity contribution in [3.8, 4) is 0 Å². The number of nitrogens with two attached hydrogens (primary N) is 1. The predicted molar refractivity (Wildman–Crippen MR) is 86.0 cm³/mol. The van der Waals surface area contributed by atoms with Gasteiger partial charge in [0.15, 0.2) is 0 Å². The molecule has 3 N–H and O–H groups in total. The van der Waals surface area contributed by atoms with Gasteiger partial charge in [-0.25, -0.2) is 0 Å². The van der Waals surface area contributed by atoms with Gasteiger partial charge in [-0.15, -0.1) is 0 Å². The molecule has 1 amide bonds. The third-order valence-corrected chi connectivity index (χ3v) is 3.59. The standard InChI is InChI=1S/C18H22N2O/c19-18(21)17(16-9-5-2-6-10-16)12-14-20-13-11-15-7-3-1-4-8-15/h1-10,17,20H,11-14H2,(H2,19,21). The van der Waals surface area contributed by atoms with Gasteiger partial charge in [0.2, 0.25) is 5.91 Å². The summed E-state index contributed by atoms with van der Waals surface area (Å²) in [6.07, 6.45) is 1.72. The fourth-order valence-electron chi connectivity index (χ4n) is 2.41. The highest BCUT2D eigenvalue weighted by molar-refractivity contribution is 5.81.